The van der Waals surface area contributed by atoms with Gasteiger partial charge in [0.15, 0.2) is 11.4 Å². The van der Waals surface area contributed by atoms with Crippen LogP contribution in [0, 0.1) is 13.8 Å². The first-order chi connectivity index (χ1) is 13.5. The predicted molar refractivity (Wildman–Crippen MR) is 113 cm³/mol. The number of halogens is 1. The predicted octanol–water partition coefficient (Wildman–Crippen LogP) is 5.06. The summed E-state index contributed by atoms with van der Waals surface area (Å²) in [5, 5.41) is 6.69. The first kappa shape index (κ1) is 18.7. The quantitative estimate of drug-likeness (QED) is 0.262. The van der Waals surface area contributed by atoms with Crippen LogP contribution in [0.4, 0.5) is 0 Å². The number of aryl methyl sites for hydroxylation is 2. The highest BCUT2D eigenvalue weighted by Gasteiger charge is 2.14. The number of aromatic nitrogens is 4. The first-order valence-corrected chi connectivity index (χ1v) is 10.1. The molecule has 0 unspecified atom stereocenters. The Morgan fingerprint density at radius 2 is 1.89 bits per heavy atom. The van der Waals surface area contributed by atoms with Gasteiger partial charge in [0.2, 0.25) is 0 Å². The van der Waals surface area contributed by atoms with E-state index in [1.165, 1.54) is 23.7 Å². The summed E-state index contributed by atoms with van der Waals surface area (Å²) in [5.41, 5.74) is 4.66. The van der Waals surface area contributed by atoms with E-state index in [1.54, 1.807) is 30.5 Å². The summed E-state index contributed by atoms with van der Waals surface area (Å²) < 4.78 is 1.82. The van der Waals surface area contributed by atoms with Crippen LogP contribution in [0.3, 0.4) is 0 Å². The summed E-state index contributed by atoms with van der Waals surface area (Å²) in [6.45, 7) is 4.12. The van der Waals surface area contributed by atoms with E-state index in [0.29, 0.717) is 10.6 Å². The number of hydrogen-bond donors (Lipinski definition) is 0. The zero-order valence-corrected chi connectivity index (χ0v) is 17.0. The Bertz CT molecular complexity index is 1170. The van der Waals surface area contributed by atoms with Gasteiger partial charge in [0.05, 0.1) is 23.0 Å². The van der Waals surface area contributed by atoms with Crippen molar-refractivity contribution in [2.75, 3.05) is 5.75 Å². The molecule has 28 heavy (non-hydrogen) atoms. The molecule has 0 fully saturated rings. The number of carbonyl (C=O) groups excluding carboxylic acids is 1. The maximum absolute atomic E-state index is 12.4. The van der Waals surface area contributed by atoms with Gasteiger partial charge in [0.1, 0.15) is 11.4 Å². The molecule has 4 rings (SSSR count). The van der Waals surface area contributed by atoms with E-state index in [1.807, 2.05) is 10.7 Å². The van der Waals surface area contributed by atoms with E-state index in [0.717, 1.165) is 27.3 Å². The normalized spacial score (nSPS) is 11.1. The molecule has 0 atom stereocenters. The lowest BCUT2D eigenvalue weighted by Gasteiger charge is -2.08. The van der Waals surface area contributed by atoms with Gasteiger partial charge in [-0.1, -0.05) is 41.1 Å². The zero-order valence-electron chi connectivity index (χ0n) is 15.4. The Kier molecular flexibility index (Phi) is 5.15. The summed E-state index contributed by atoms with van der Waals surface area (Å²) in [5.74, 6) is 0.304. The van der Waals surface area contributed by atoms with Crippen LogP contribution in [0.5, 0.6) is 0 Å². The summed E-state index contributed by atoms with van der Waals surface area (Å²) in [6.07, 6.45) is 3.27. The van der Waals surface area contributed by atoms with Crippen LogP contribution >= 0.6 is 23.4 Å². The third-order valence-electron chi connectivity index (χ3n) is 4.42. The summed E-state index contributed by atoms with van der Waals surface area (Å²) in [6, 6.07) is 13.1. The Balaban J connectivity index is 1.61. The van der Waals surface area contributed by atoms with Gasteiger partial charge in [-0.15, -0.1) is 0 Å². The molecular formula is C21H17ClN4OS. The number of thioether (sulfide) groups is 1. The first-order valence-electron chi connectivity index (χ1n) is 8.71. The number of benzene rings is 2. The third kappa shape index (κ3) is 3.66. The average Bonchev–Trinajstić information content (AvgIpc) is 3.11. The maximum Gasteiger partial charge on any atom is 0.173 e. The van der Waals surface area contributed by atoms with Gasteiger partial charge in [-0.25, -0.2) is 14.6 Å². The van der Waals surface area contributed by atoms with Crippen LogP contribution in [0.15, 0.2) is 60.0 Å². The molecule has 5 nitrogen and oxygen atoms in total. The van der Waals surface area contributed by atoms with Crippen LogP contribution in [0.2, 0.25) is 5.02 Å². The second-order valence-electron chi connectivity index (χ2n) is 6.48. The molecule has 0 amide bonds. The largest absolute Gasteiger partial charge is 0.293 e. The third-order valence-corrected chi connectivity index (χ3v) is 5.67. The number of fused-ring (bicyclic) bond motifs is 1. The van der Waals surface area contributed by atoms with E-state index < -0.39 is 0 Å². The SMILES string of the molecule is Cc1ccc(-n2ncc3c(SCC(=O)c4ccc(Cl)cc4)ncnc32)c(C)c1. The molecule has 0 N–H and O–H groups in total. The van der Waals surface area contributed by atoms with Crippen molar-refractivity contribution in [3.63, 3.8) is 0 Å². The number of rotatable bonds is 5. The standard InChI is InChI=1S/C21H17ClN4OS/c1-13-3-8-18(14(2)9-13)26-20-17(10-25-26)21(24-12-23-20)28-11-19(27)15-4-6-16(22)7-5-15/h3-10,12H,11H2,1-2H3. The van der Waals surface area contributed by atoms with Gasteiger partial charge < -0.3 is 0 Å². The average molecular weight is 409 g/mol. The van der Waals surface area contributed by atoms with Crippen LogP contribution in [-0.2, 0) is 0 Å². The molecule has 4 aromatic rings. The molecule has 2 aromatic carbocycles. The van der Waals surface area contributed by atoms with Crippen molar-refractivity contribution in [1.29, 1.82) is 0 Å². The Morgan fingerprint density at radius 3 is 2.64 bits per heavy atom. The van der Waals surface area contributed by atoms with Gasteiger partial charge in [-0.3, -0.25) is 4.79 Å². The Morgan fingerprint density at radius 1 is 1.11 bits per heavy atom. The summed E-state index contributed by atoms with van der Waals surface area (Å²) in [7, 11) is 0. The van der Waals surface area contributed by atoms with Crippen LogP contribution in [-0.4, -0.2) is 31.3 Å². The van der Waals surface area contributed by atoms with E-state index >= 15 is 0 Å². The molecule has 140 valence electrons. The maximum atomic E-state index is 12.4. The number of ketones is 1. The minimum atomic E-state index is 0.0233. The topological polar surface area (TPSA) is 60.7 Å². The Hall–Kier alpha value is -2.70. The monoisotopic (exact) mass is 408 g/mol. The number of hydrogen-bond acceptors (Lipinski definition) is 5. The molecule has 2 aromatic heterocycles. The molecule has 0 spiro atoms. The lowest BCUT2D eigenvalue weighted by Crippen LogP contribution is -2.03. The van der Waals surface area contributed by atoms with Crippen molar-refractivity contribution >= 4 is 40.2 Å². The minimum Gasteiger partial charge on any atom is -0.293 e. The van der Waals surface area contributed by atoms with E-state index in [-0.39, 0.29) is 11.5 Å². The molecule has 0 aliphatic heterocycles. The Labute approximate surface area is 171 Å². The fourth-order valence-electron chi connectivity index (χ4n) is 3.01. The highest BCUT2D eigenvalue weighted by atomic mass is 35.5. The van der Waals surface area contributed by atoms with Crippen molar-refractivity contribution in [3.8, 4) is 5.69 Å². The molecule has 0 saturated carbocycles. The molecule has 7 heteroatoms. The summed E-state index contributed by atoms with van der Waals surface area (Å²) in [4.78, 5) is 21.2. The second kappa shape index (κ2) is 7.73. The van der Waals surface area contributed by atoms with Crippen LogP contribution in [0.1, 0.15) is 21.5 Å². The smallest absolute Gasteiger partial charge is 0.173 e. The van der Waals surface area contributed by atoms with E-state index in [9.17, 15) is 4.79 Å². The van der Waals surface area contributed by atoms with E-state index in [4.69, 9.17) is 11.6 Å². The fourth-order valence-corrected chi connectivity index (χ4v) is 3.99. The molecule has 0 aliphatic rings. The van der Waals surface area contributed by atoms with E-state index in [2.05, 4.69) is 41.0 Å². The summed E-state index contributed by atoms with van der Waals surface area (Å²) >= 11 is 7.27. The van der Waals surface area contributed by atoms with Gasteiger partial charge >= 0.3 is 0 Å². The van der Waals surface area contributed by atoms with Gasteiger partial charge in [-0.05, 0) is 49.7 Å². The van der Waals surface area contributed by atoms with Crippen molar-refractivity contribution in [3.05, 3.63) is 76.7 Å². The molecular weight excluding hydrogens is 392 g/mol. The highest BCUT2D eigenvalue weighted by Crippen LogP contribution is 2.27. The number of nitrogens with zero attached hydrogens (tertiary/aromatic N) is 4. The van der Waals surface area contributed by atoms with Crippen molar-refractivity contribution < 1.29 is 4.79 Å². The molecule has 0 saturated heterocycles. The number of carbonyl (C=O) groups is 1. The molecule has 0 bridgehead atoms. The lowest BCUT2D eigenvalue weighted by atomic mass is 10.1. The van der Waals surface area contributed by atoms with Crippen molar-refractivity contribution in [1.82, 2.24) is 19.7 Å². The van der Waals surface area contributed by atoms with Crippen LogP contribution < -0.4 is 0 Å². The van der Waals surface area contributed by atoms with Crippen LogP contribution in [0.25, 0.3) is 16.7 Å². The second-order valence-corrected chi connectivity index (χ2v) is 7.88. The fraction of sp³-hybridized carbons (Fsp3) is 0.143. The zero-order chi connectivity index (χ0) is 19.7. The minimum absolute atomic E-state index is 0.0233. The molecule has 2 heterocycles. The van der Waals surface area contributed by atoms with Crippen molar-refractivity contribution in [2.45, 2.75) is 18.9 Å². The van der Waals surface area contributed by atoms with Gasteiger partial charge in [-0.2, -0.15) is 5.10 Å². The van der Waals surface area contributed by atoms with Gasteiger partial charge in [0, 0.05) is 10.6 Å². The van der Waals surface area contributed by atoms with Gasteiger partial charge in [0.25, 0.3) is 0 Å². The highest BCUT2D eigenvalue weighted by molar-refractivity contribution is 8.00. The lowest BCUT2D eigenvalue weighted by molar-refractivity contribution is 0.102. The molecule has 0 radical (unpaired) electrons. The molecule has 0 aliphatic carbocycles. The number of Topliss-reactive ketones (excluding diaryl/α,β-unsaturated/α-hetero) is 1. The van der Waals surface area contributed by atoms with Crippen molar-refractivity contribution in [2.24, 2.45) is 0 Å².